The van der Waals surface area contributed by atoms with E-state index in [1.54, 1.807) is 0 Å². The topological polar surface area (TPSA) is 26.3 Å². The summed E-state index contributed by atoms with van der Waals surface area (Å²) in [4.78, 5) is 11.8. The van der Waals surface area contributed by atoms with Crippen LogP contribution in [0.2, 0.25) is 0 Å². The molecule has 0 radical (unpaired) electrons. The zero-order valence-electron chi connectivity index (χ0n) is 9.73. The second-order valence-electron chi connectivity index (χ2n) is 4.16. The lowest BCUT2D eigenvalue weighted by atomic mass is 9.83. The Morgan fingerprint density at radius 1 is 1.29 bits per heavy atom. The number of allylic oxidation sites excluding steroid dienone is 1. The molecule has 3 heteroatoms. The Hall–Kier alpha value is -1.28. The standard InChI is InChI=1S/C14H15ClO2/c1-17-14(16)12-8-7-11(15)9-13(12)10-5-3-2-4-6-10/h2-6,9,11-12H,7-8H2,1H3. The van der Waals surface area contributed by atoms with Gasteiger partial charge >= 0.3 is 5.97 Å². The summed E-state index contributed by atoms with van der Waals surface area (Å²) in [7, 11) is 1.43. The average molecular weight is 251 g/mol. The fourth-order valence-corrected chi connectivity index (χ4v) is 2.45. The molecule has 0 aliphatic heterocycles. The van der Waals surface area contributed by atoms with E-state index in [0.717, 1.165) is 24.0 Å². The van der Waals surface area contributed by atoms with E-state index in [1.807, 2.05) is 36.4 Å². The van der Waals surface area contributed by atoms with Gasteiger partial charge in [0.05, 0.1) is 18.4 Å². The maximum absolute atomic E-state index is 11.8. The van der Waals surface area contributed by atoms with Crippen LogP contribution in [-0.2, 0) is 9.53 Å². The second kappa shape index (κ2) is 5.37. The van der Waals surface area contributed by atoms with Crippen molar-refractivity contribution in [3.8, 4) is 0 Å². The van der Waals surface area contributed by atoms with Gasteiger partial charge in [-0.05, 0) is 24.0 Å². The third kappa shape index (κ3) is 2.70. The maximum Gasteiger partial charge on any atom is 0.313 e. The average Bonchev–Trinajstić information content (AvgIpc) is 2.39. The van der Waals surface area contributed by atoms with E-state index in [4.69, 9.17) is 16.3 Å². The molecular formula is C14H15ClO2. The number of esters is 1. The van der Waals surface area contributed by atoms with Crippen molar-refractivity contribution >= 4 is 23.1 Å². The monoisotopic (exact) mass is 250 g/mol. The number of hydrogen-bond donors (Lipinski definition) is 0. The predicted octanol–water partition coefficient (Wildman–Crippen LogP) is 3.26. The quantitative estimate of drug-likeness (QED) is 0.595. The summed E-state index contributed by atoms with van der Waals surface area (Å²) in [5.74, 6) is -0.360. The Morgan fingerprint density at radius 2 is 2.00 bits per heavy atom. The molecule has 2 unspecified atom stereocenters. The lowest BCUT2D eigenvalue weighted by molar-refractivity contribution is -0.143. The molecule has 0 saturated carbocycles. The van der Waals surface area contributed by atoms with Crippen molar-refractivity contribution in [3.05, 3.63) is 42.0 Å². The number of ether oxygens (including phenoxy) is 1. The van der Waals surface area contributed by atoms with Crippen LogP contribution in [0.4, 0.5) is 0 Å². The zero-order chi connectivity index (χ0) is 12.3. The van der Waals surface area contributed by atoms with Gasteiger partial charge in [-0.25, -0.2) is 0 Å². The molecule has 0 fully saturated rings. The van der Waals surface area contributed by atoms with E-state index >= 15 is 0 Å². The lowest BCUT2D eigenvalue weighted by Gasteiger charge is -2.24. The van der Waals surface area contributed by atoms with Crippen LogP contribution >= 0.6 is 11.6 Å². The number of halogens is 1. The summed E-state index contributed by atoms with van der Waals surface area (Å²) in [5.41, 5.74) is 2.04. The van der Waals surface area contributed by atoms with E-state index < -0.39 is 0 Å². The molecule has 1 aromatic carbocycles. The van der Waals surface area contributed by atoms with Crippen molar-refractivity contribution in [1.29, 1.82) is 0 Å². The molecule has 0 saturated heterocycles. The molecule has 2 nitrogen and oxygen atoms in total. The van der Waals surface area contributed by atoms with Crippen molar-refractivity contribution in [1.82, 2.24) is 0 Å². The molecule has 0 aromatic heterocycles. The summed E-state index contributed by atoms with van der Waals surface area (Å²) in [6.07, 6.45) is 3.54. The highest BCUT2D eigenvalue weighted by molar-refractivity contribution is 6.22. The molecular weight excluding hydrogens is 236 g/mol. The molecule has 0 N–H and O–H groups in total. The minimum atomic E-state index is -0.183. The van der Waals surface area contributed by atoms with Gasteiger partial charge in [-0.3, -0.25) is 4.79 Å². The van der Waals surface area contributed by atoms with Gasteiger partial charge in [-0.2, -0.15) is 0 Å². The summed E-state index contributed by atoms with van der Waals surface area (Å²) in [6, 6.07) is 9.87. The number of carbonyl (C=O) groups excluding carboxylic acids is 1. The first kappa shape index (κ1) is 12.2. The maximum atomic E-state index is 11.8. The normalized spacial score (nSPS) is 24.0. The molecule has 90 valence electrons. The summed E-state index contributed by atoms with van der Waals surface area (Å²) >= 11 is 6.15. The number of methoxy groups -OCH3 is 1. The van der Waals surface area contributed by atoms with Crippen LogP contribution in [-0.4, -0.2) is 18.5 Å². The van der Waals surface area contributed by atoms with Crippen LogP contribution in [0.1, 0.15) is 18.4 Å². The van der Waals surface area contributed by atoms with Gasteiger partial charge in [0.15, 0.2) is 0 Å². The first-order chi connectivity index (χ1) is 8.22. The SMILES string of the molecule is COC(=O)C1CCC(Cl)C=C1c1ccccc1. The number of alkyl halides is 1. The van der Waals surface area contributed by atoms with Crippen LogP contribution in [0.25, 0.3) is 5.57 Å². The smallest absolute Gasteiger partial charge is 0.313 e. The molecule has 2 atom stereocenters. The number of rotatable bonds is 2. The fourth-order valence-electron chi connectivity index (χ4n) is 2.19. The van der Waals surface area contributed by atoms with Crippen LogP contribution in [0.3, 0.4) is 0 Å². The molecule has 17 heavy (non-hydrogen) atoms. The van der Waals surface area contributed by atoms with Gasteiger partial charge in [0.25, 0.3) is 0 Å². The summed E-state index contributed by atoms with van der Waals surface area (Å²) < 4.78 is 4.85. The van der Waals surface area contributed by atoms with E-state index in [1.165, 1.54) is 7.11 Å². The minimum absolute atomic E-state index is 0.00566. The van der Waals surface area contributed by atoms with E-state index in [0.29, 0.717) is 0 Å². The third-order valence-electron chi connectivity index (χ3n) is 3.06. The third-order valence-corrected chi connectivity index (χ3v) is 3.40. The highest BCUT2D eigenvalue weighted by Crippen LogP contribution is 2.35. The lowest BCUT2D eigenvalue weighted by Crippen LogP contribution is -2.23. The summed E-state index contributed by atoms with van der Waals surface area (Å²) in [5, 5.41) is 0.00566. The molecule has 0 bridgehead atoms. The Labute approximate surface area is 106 Å². The summed E-state index contributed by atoms with van der Waals surface area (Å²) in [6.45, 7) is 0. The molecule has 2 rings (SSSR count). The van der Waals surface area contributed by atoms with Gasteiger partial charge in [0.1, 0.15) is 0 Å². The predicted molar refractivity (Wildman–Crippen MR) is 68.8 cm³/mol. The van der Waals surface area contributed by atoms with Gasteiger partial charge < -0.3 is 4.74 Å². The Morgan fingerprint density at radius 3 is 2.65 bits per heavy atom. The Balaban J connectivity index is 2.35. The van der Waals surface area contributed by atoms with Gasteiger partial charge in [-0.15, -0.1) is 11.6 Å². The van der Waals surface area contributed by atoms with Crippen LogP contribution in [0.5, 0.6) is 0 Å². The molecule has 1 aliphatic rings. The van der Waals surface area contributed by atoms with Crippen molar-refractivity contribution in [2.24, 2.45) is 5.92 Å². The number of carbonyl (C=O) groups is 1. The van der Waals surface area contributed by atoms with Gasteiger partial charge in [0, 0.05) is 0 Å². The van der Waals surface area contributed by atoms with Gasteiger partial charge in [0.2, 0.25) is 0 Å². The molecule has 0 amide bonds. The number of benzene rings is 1. The first-order valence-corrected chi connectivity index (χ1v) is 6.15. The van der Waals surface area contributed by atoms with Crippen molar-refractivity contribution in [3.63, 3.8) is 0 Å². The molecule has 1 aliphatic carbocycles. The Bertz CT molecular complexity index is 425. The number of hydrogen-bond acceptors (Lipinski definition) is 2. The zero-order valence-corrected chi connectivity index (χ0v) is 10.5. The largest absolute Gasteiger partial charge is 0.469 e. The highest BCUT2D eigenvalue weighted by Gasteiger charge is 2.29. The van der Waals surface area contributed by atoms with Crippen molar-refractivity contribution < 1.29 is 9.53 Å². The van der Waals surface area contributed by atoms with E-state index in [2.05, 4.69) is 0 Å². The van der Waals surface area contributed by atoms with Crippen molar-refractivity contribution in [2.75, 3.05) is 7.11 Å². The molecule has 1 aromatic rings. The fraction of sp³-hybridized carbons (Fsp3) is 0.357. The first-order valence-electron chi connectivity index (χ1n) is 5.71. The van der Waals surface area contributed by atoms with Gasteiger partial charge in [-0.1, -0.05) is 36.4 Å². The van der Waals surface area contributed by atoms with Crippen molar-refractivity contribution in [2.45, 2.75) is 18.2 Å². The van der Waals surface area contributed by atoms with Crippen LogP contribution in [0.15, 0.2) is 36.4 Å². The van der Waals surface area contributed by atoms with E-state index in [9.17, 15) is 4.79 Å². The minimum Gasteiger partial charge on any atom is -0.469 e. The second-order valence-corrected chi connectivity index (χ2v) is 4.72. The Kier molecular flexibility index (Phi) is 3.85. The highest BCUT2D eigenvalue weighted by atomic mass is 35.5. The van der Waals surface area contributed by atoms with Crippen LogP contribution < -0.4 is 0 Å². The molecule has 0 spiro atoms. The molecule has 0 heterocycles. The van der Waals surface area contributed by atoms with Crippen LogP contribution in [0, 0.1) is 5.92 Å². The van der Waals surface area contributed by atoms with E-state index in [-0.39, 0.29) is 17.3 Å².